The number of nitrogens with one attached hydrogen (secondary N) is 2. The molecule has 0 atom stereocenters. The topological polar surface area (TPSA) is 41.1 Å². The average molecular weight is 116 g/mol. The number of hydrogen-bond donors (Lipinski definition) is 2. The van der Waals surface area contributed by atoms with Gasteiger partial charge in [0.2, 0.25) is 0 Å². The lowest BCUT2D eigenvalue weighted by Crippen LogP contribution is -2.26. The highest BCUT2D eigenvalue weighted by molar-refractivity contribution is 5.51. The second-order valence-corrected chi connectivity index (χ2v) is 1.47. The second-order valence-electron chi connectivity index (χ2n) is 1.47. The Morgan fingerprint density at radius 2 is 2.25 bits per heavy atom. The Morgan fingerprint density at radius 1 is 1.50 bits per heavy atom. The standard InChI is InChI=1S/C5H12N2O/c1-6-2-3-7-4-5-8/h5-7H,2-4H2,1H3. The highest BCUT2D eigenvalue weighted by Crippen LogP contribution is 1.51. The van der Waals surface area contributed by atoms with E-state index < -0.39 is 0 Å². The van der Waals surface area contributed by atoms with Gasteiger partial charge in [-0.3, -0.25) is 0 Å². The molecule has 0 aromatic rings. The van der Waals surface area contributed by atoms with E-state index in [1.807, 2.05) is 7.05 Å². The van der Waals surface area contributed by atoms with Gasteiger partial charge in [0, 0.05) is 13.1 Å². The molecule has 0 rings (SSSR count). The van der Waals surface area contributed by atoms with Crippen molar-refractivity contribution in [3.63, 3.8) is 0 Å². The van der Waals surface area contributed by atoms with Crippen molar-refractivity contribution in [1.29, 1.82) is 0 Å². The highest BCUT2D eigenvalue weighted by Gasteiger charge is 1.79. The van der Waals surface area contributed by atoms with Gasteiger partial charge in [0.05, 0.1) is 6.54 Å². The molecular formula is C5H12N2O. The summed E-state index contributed by atoms with van der Waals surface area (Å²) in [6, 6.07) is 0. The van der Waals surface area contributed by atoms with Gasteiger partial charge >= 0.3 is 0 Å². The van der Waals surface area contributed by atoms with E-state index in [1.54, 1.807) is 0 Å². The summed E-state index contributed by atoms with van der Waals surface area (Å²) < 4.78 is 0. The van der Waals surface area contributed by atoms with Gasteiger partial charge in [-0.2, -0.15) is 0 Å². The molecular weight excluding hydrogens is 104 g/mol. The van der Waals surface area contributed by atoms with E-state index in [2.05, 4.69) is 10.6 Å². The third-order valence-corrected chi connectivity index (χ3v) is 0.779. The van der Waals surface area contributed by atoms with Crippen molar-refractivity contribution < 1.29 is 4.79 Å². The lowest BCUT2D eigenvalue weighted by atomic mass is 10.6. The largest absolute Gasteiger partial charge is 0.318 e. The van der Waals surface area contributed by atoms with Crippen LogP contribution >= 0.6 is 0 Å². The van der Waals surface area contributed by atoms with Crippen LogP contribution in [0.1, 0.15) is 0 Å². The highest BCUT2D eigenvalue weighted by atomic mass is 16.1. The van der Waals surface area contributed by atoms with E-state index in [4.69, 9.17) is 0 Å². The predicted octanol–water partition coefficient (Wildman–Crippen LogP) is -1.01. The van der Waals surface area contributed by atoms with Crippen molar-refractivity contribution in [2.24, 2.45) is 0 Å². The van der Waals surface area contributed by atoms with Gasteiger partial charge in [-0.05, 0) is 7.05 Å². The Kier molecular flexibility index (Phi) is 6.25. The van der Waals surface area contributed by atoms with Crippen LogP contribution in [0.2, 0.25) is 0 Å². The van der Waals surface area contributed by atoms with Crippen LogP contribution < -0.4 is 10.6 Å². The van der Waals surface area contributed by atoms with Crippen molar-refractivity contribution in [1.82, 2.24) is 10.6 Å². The van der Waals surface area contributed by atoms with Gasteiger partial charge in [0.25, 0.3) is 0 Å². The SMILES string of the molecule is CNCCNCC=O. The van der Waals surface area contributed by atoms with Crippen molar-refractivity contribution in [2.75, 3.05) is 26.7 Å². The summed E-state index contributed by atoms with van der Waals surface area (Å²) in [6.07, 6.45) is 0.857. The fourth-order valence-corrected chi connectivity index (χ4v) is 0.374. The van der Waals surface area contributed by atoms with E-state index in [0.29, 0.717) is 6.54 Å². The summed E-state index contributed by atoms with van der Waals surface area (Å²) in [7, 11) is 1.88. The monoisotopic (exact) mass is 116 g/mol. The molecule has 0 heterocycles. The van der Waals surface area contributed by atoms with Crippen LogP contribution in [-0.2, 0) is 4.79 Å². The van der Waals surface area contributed by atoms with Gasteiger partial charge in [0.1, 0.15) is 6.29 Å². The smallest absolute Gasteiger partial charge is 0.133 e. The molecule has 0 unspecified atom stereocenters. The Labute approximate surface area is 49.5 Å². The third kappa shape index (κ3) is 5.59. The van der Waals surface area contributed by atoms with Crippen LogP contribution in [0.15, 0.2) is 0 Å². The van der Waals surface area contributed by atoms with Gasteiger partial charge < -0.3 is 15.4 Å². The summed E-state index contributed by atoms with van der Waals surface area (Å²) in [5.74, 6) is 0. The van der Waals surface area contributed by atoms with E-state index >= 15 is 0 Å². The Morgan fingerprint density at radius 3 is 2.75 bits per heavy atom. The molecule has 0 aliphatic rings. The first-order chi connectivity index (χ1) is 3.91. The van der Waals surface area contributed by atoms with Crippen LogP contribution in [0.4, 0.5) is 0 Å². The van der Waals surface area contributed by atoms with Crippen molar-refractivity contribution in [2.45, 2.75) is 0 Å². The fraction of sp³-hybridized carbons (Fsp3) is 0.800. The molecule has 0 spiro atoms. The molecule has 0 aliphatic carbocycles. The minimum absolute atomic E-state index is 0.460. The van der Waals surface area contributed by atoms with Crippen LogP contribution in [-0.4, -0.2) is 33.0 Å². The maximum absolute atomic E-state index is 9.69. The molecule has 0 bridgehead atoms. The average Bonchev–Trinajstić information content (AvgIpc) is 1.81. The number of rotatable bonds is 5. The van der Waals surface area contributed by atoms with E-state index in [9.17, 15) is 4.79 Å². The summed E-state index contributed by atoms with van der Waals surface area (Å²) in [5, 5.41) is 5.85. The first-order valence-corrected chi connectivity index (χ1v) is 2.70. The maximum Gasteiger partial charge on any atom is 0.133 e. The minimum atomic E-state index is 0.460. The van der Waals surface area contributed by atoms with Gasteiger partial charge in [-0.1, -0.05) is 0 Å². The molecule has 2 N–H and O–H groups in total. The molecule has 0 saturated heterocycles. The number of carbonyl (C=O) groups is 1. The van der Waals surface area contributed by atoms with E-state index in [-0.39, 0.29) is 0 Å². The molecule has 0 saturated carbocycles. The zero-order valence-corrected chi connectivity index (χ0v) is 5.11. The van der Waals surface area contributed by atoms with Crippen LogP contribution in [0, 0.1) is 0 Å². The van der Waals surface area contributed by atoms with Crippen molar-refractivity contribution in [3.8, 4) is 0 Å². The summed E-state index contributed by atoms with van der Waals surface area (Å²) in [6.45, 7) is 2.23. The van der Waals surface area contributed by atoms with Crippen molar-refractivity contribution >= 4 is 6.29 Å². The van der Waals surface area contributed by atoms with Gasteiger partial charge in [-0.15, -0.1) is 0 Å². The Hall–Kier alpha value is -0.410. The quantitative estimate of drug-likeness (QED) is 0.357. The molecule has 8 heavy (non-hydrogen) atoms. The molecule has 0 aliphatic heterocycles. The molecule has 0 amide bonds. The zero-order valence-electron chi connectivity index (χ0n) is 5.11. The summed E-state index contributed by atoms with van der Waals surface area (Å²) in [4.78, 5) is 9.69. The van der Waals surface area contributed by atoms with Crippen molar-refractivity contribution in [3.05, 3.63) is 0 Å². The summed E-state index contributed by atoms with van der Waals surface area (Å²) >= 11 is 0. The molecule has 3 heteroatoms. The maximum atomic E-state index is 9.69. The molecule has 0 fully saturated rings. The van der Waals surface area contributed by atoms with Crippen LogP contribution in [0.3, 0.4) is 0 Å². The molecule has 0 aromatic heterocycles. The predicted molar refractivity (Wildman–Crippen MR) is 32.9 cm³/mol. The molecule has 0 aromatic carbocycles. The Bertz CT molecular complexity index is 56.4. The first-order valence-electron chi connectivity index (χ1n) is 2.70. The fourth-order valence-electron chi connectivity index (χ4n) is 0.374. The molecule has 0 radical (unpaired) electrons. The normalized spacial score (nSPS) is 9.12. The lowest BCUT2D eigenvalue weighted by molar-refractivity contribution is -0.107. The van der Waals surface area contributed by atoms with Crippen LogP contribution in [0.5, 0.6) is 0 Å². The number of carbonyl (C=O) groups excluding carboxylic acids is 1. The van der Waals surface area contributed by atoms with Gasteiger partial charge in [-0.25, -0.2) is 0 Å². The van der Waals surface area contributed by atoms with E-state index in [0.717, 1.165) is 19.4 Å². The van der Waals surface area contributed by atoms with E-state index in [1.165, 1.54) is 0 Å². The summed E-state index contributed by atoms with van der Waals surface area (Å²) in [5.41, 5.74) is 0. The van der Waals surface area contributed by atoms with Crippen LogP contribution in [0.25, 0.3) is 0 Å². The molecule has 48 valence electrons. The number of likely N-dealkylation sites (N-methyl/N-ethyl adjacent to an activating group) is 1. The van der Waals surface area contributed by atoms with Gasteiger partial charge in [0.15, 0.2) is 0 Å². The minimum Gasteiger partial charge on any atom is -0.318 e. The third-order valence-electron chi connectivity index (χ3n) is 0.779. The molecule has 3 nitrogen and oxygen atoms in total. The number of hydrogen-bond acceptors (Lipinski definition) is 3. The Balaban J connectivity index is 2.62. The number of aldehydes is 1. The second kappa shape index (κ2) is 6.59. The zero-order chi connectivity index (χ0) is 6.24. The lowest BCUT2D eigenvalue weighted by Gasteiger charge is -1.96. The first kappa shape index (κ1) is 7.59.